The second-order valence-corrected chi connectivity index (χ2v) is 7.65. The van der Waals surface area contributed by atoms with Gasteiger partial charge in [0.25, 0.3) is 0 Å². The quantitative estimate of drug-likeness (QED) is 0.543. The number of anilines is 1. The third-order valence-electron chi connectivity index (χ3n) is 4.11. The lowest BCUT2D eigenvalue weighted by atomic mass is 10.2. The molecule has 1 heterocycles. The van der Waals surface area contributed by atoms with Crippen LogP contribution in [0.15, 0.2) is 53.9 Å². The summed E-state index contributed by atoms with van der Waals surface area (Å²) in [5.41, 5.74) is 1.79. The van der Waals surface area contributed by atoms with Gasteiger partial charge in [-0.05, 0) is 55.6 Å². The van der Waals surface area contributed by atoms with E-state index in [1.54, 1.807) is 19.2 Å². The van der Waals surface area contributed by atoms with Crippen LogP contribution in [0.25, 0.3) is 11.3 Å². The summed E-state index contributed by atoms with van der Waals surface area (Å²) in [6.07, 6.45) is 0. The minimum absolute atomic E-state index is 0.116. The minimum Gasteiger partial charge on any atom is -0.497 e. The van der Waals surface area contributed by atoms with Crippen molar-refractivity contribution in [1.29, 1.82) is 0 Å². The van der Waals surface area contributed by atoms with Crippen molar-refractivity contribution in [1.82, 2.24) is 9.88 Å². The van der Waals surface area contributed by atoms with Crippen LogP contribution in [-0.2, 0) is 4.79 Å². The Morgan fingerprint density at radius 3 is 2.52 bits per heavy atom. The zero-order valence-electron chi connectivity index (χ0n) is 16.2. The maximum absolute atomic E-state index is 12.3. The molecule has 8 heteroatoms. The van der Waals surface area contributed by atoms with Crippen molar-refractivity contribution in [3.05, 3.63) is 58.9 Å². The van der Waals surface area contributed by atoms with Crippen LogP contribution in [0, 0.1) is 0 Å². The van der Waals surface area contributed by atoms with Gasteiger partial charge >= 0.3 is 0 Å². The molecule has 0 aliphatic rings. The summed E-state index contributed by atoms with van der Waals surface area (Å²) < 4.78 is 10.8. The van der Waals surface area contributed by atoms with Crippen LogP contribution in [0.1, 0.15) is 0 Å². The van der Waals surface area contributed by atoms with Gasteiger partial charge in [0.1, 0.15) is 18.1 Å². The number of hydrogen-bond donors (Lipinski definition) is 1. The molecule has 3 aromatic rings. The SMILES string of the molecule is COc1ccc(-c2csc(NC(=O)CN(C)CCOc3ccc(Cl)cc3)n2)cc1. The van der Waals surface area contributed by atoms with Crippen molar-refractivity contribution < 1.29 is 14.3 Å². The van der Waals surface area contributed by atoms with Gasteiger partial charge in [-0.2, -0.15) is 0 Å². The number of likely N-dealkylation sites (N-methyl/N-ethyl adjacent to an activating group) is 1. The summed E-state index contributed by atoms with van der Waals surface area (Å²) in [5, 5.41) is 6.01. The van der Waals surface area contributed by atoms with Crippen LogP contribution in [0.3, 0.4) is 0 Å². The number of thiazole rings is 1. The maximum Gasteiger partial charge on any atom is 0.240 e. The van der Waals surface area contributed by atoms with E-state index in [0.717, 1.165) is 22.8 Å². The summed E-state index contributed by atoms with van der Waals surface area (Å²) >= 11 is 7.25. The zero-order chi connectivity index (χ0) is 20.6. The monoisotopic (exact) mass is 431 g/mol. The molecule has 1 N–H and O–H groups in total. The third-order valence-corrected chi connectivity index (χ3v) is 5.11. The molecule has 152 valence electrons. The lowest BCUT2D eigenvalue weighted by Crippen LogP contribution is -2.33. The van der Waals surface area contributed by atoms with Crippen LogP contribution in [0.5, 0.6) is 11.5 Å². The summed E-state index contributed by atoms with van der Waals surface area (Å²) in [4.78, 5) is 18.6. The van der Waals surface area contributed by atoms with Crippen LogP contribution >= 0.6 is 22.9 Å². The van der Waals surface area contributed by atoms with Crippen LogP contribution in [0.4, 0.5) is 5.13 Å². The van der Waals surface area contributed by atoms with E-state index in [0.29, 0.717) is 23.3 Å². The lowest BCUT2D eigenvalue weighted by Gasteiger charge is -2.16. The maximum atomic E-state index is 12.3. The van der Waals surface area contributed by atoms with Gasteiger partial charge in [-0.25, -0.2) is 4.98 Å². The van der Waals surface area contributed by atoms with Crippen molar-refractivity contribution in [2.75, 3.05) is 39.2 Å². The van der Waals surface area contributed by atoms with Gasteiger partial charge in [-0.3, -0.25) is 9.69 Å². The van der Waals surface area contributed by atoms with Gasteiger partial charge in [0.05, 0.1) is 19.3 Å². The van der Waals surface area contributed by atoms with Crippen LogP contribution in [0.2, 0.25) is 5.02 Å². The molecule has 0 aliphatic heterocycles. The van der Waals surface area contributed by atoms with Crippen molar-refractivity contribution in [2.24, 2.45) is 0 Å². The highest BCUT2D eigenvalue weighted by molar-refractivity contribution is 7.14. The lowest BCUT2D eigenvalue weighted by molar-refractivity contribution is -0.117. The summed E-state index contributed by atoms with van der Waals surface area (Å²) in [6.45, 7) is 1.34. The van der Waals surface area contributed by atoms with Gasteiger partial charge < -0.3 is 14.8 Å². The Kier molecular flexibility index (Phi) is 7.46. The number of nitrogens with zero attached hydrogens (tertiary/aromatic N) is 2. The van der Waals surface area contributed by atoms with E-state index in [1.807, 2.05) is 53.7 Å². The first-order valence-corrected chi connectivity index (χ1v) is 10.3. The first-order valence-electron chi connectivity index (χ1n) is 9.00. The molecule has 1 aromatic heterocycles. The molecule has 0 unspecified atom stereocenters. The largest absolute Gasteiger partial charge is 0.497 e. The third kappa shape index (κ3) is 6.45. The molecular formula is C21H22ClN3O3S. The van der Waals surface area contributed by atoms with Gasteiger partial charge in [0, 0.05) is 22.5 Å². The molecular weight excluding hydrogens is 410 g/mol. The molecule has 0 spiro atoms. The summed E-state index contributed by atoms with van der Waals surface area (Å²) in [7, 11) is 3.50. The van der Waals surface area contributed by atoms with E-state index in [-0.39, 0.29) is 12.5 Å². The number of rotatable bonds is 9. The van der Waals surface area contributed by atoms with Gasteiger partial charge in [0.15, 0.2) is 5.13 Å². The average molecular weight is 432 g/mol. The number of halogens is 1. The molecule has 0 fully saturated rings. The van der Waals surface area contributed by atoms with E-state index >= 15 is 0 Å². The topological polar surface area (TPSA) is 63.7 Å². The highest BCUT2D eigenvalue weighted by Crippen LogP contribution is 2.26. The number of carbonyl (C=O) groups is 1. The zero-order valence-corrected chi connectivity index (χ0v) is 17.8. The molecule has 3 rings (SSSR count). The van der Waals surface area contributed by atoms with Gasteiger partial charge in [0.2, 0.25) is 5.91 Å². The predicted octanol–water partition coefficient (Wildman–Crippen LogP) is 4.42. The molecule has 0 aliphatic carbocycles. The molecule has 1 amide bonds. The van der Waals surface area contributed by atoms with Crippen molar-refractivity contribution in [3.8, 4) is 22.8 Å². The second-order valence-electron chi connectivity index (χ2n) is 6.35. The standard InChI is InChI=1S/C21H22ClN3O3S/c1-25(11-12-28-18-9-5-16(22)6-10-18)13-20(26)24-21-23-19(14-29-21)15-3-7-17(27-2)8-4-15/h3-10,14H,11-13H2,1-2H3,(H,23,24,26). The predicted molar refractivity (Wildman–Crippen MR) is 117 cm³/mol. The van der Waals surface area contributed by atoms with E-state index in [4.69, 9.17) is 21.1 Å². The molecule has 0 radical (unpaired) electrons. The normalized spacial score (nSPS) is 10.8. The molecule has 29 heavy (non-hydrogen) atoms. The smallest absolute Gasteiger partial charge is 0.240 e. The van der Waals surface area contributed by atoms with E-state index in [1.165, 1.54) is 11.3 Å². The number of nitrogens with one attached hydrogen (secondary N) is 1. The number of ether oxygens (including phenoxy) is 2. The first-order chi connectivity index (χ1) is 14.0. The Bertz CT molecular complexity index is 929. The van der Waals surface area contributed by atoms with Gasteiger partial charge in [-0.15, -0.1) is 11.3 Å². The van der Waals surface area contributed by atoms with Crippen molar-refractivity contribution in [3.63, 3.8) is 0 Å². The molecule has 0 saturated carbocycles. The number of carbonyl (C=O) groups excluding carboxylic acids is 1. The highest BCUT2D eigenvalue weighted by atomic mass is 35.5. The van der Waals surface area contributed by atoms with Crippen molar-refractivity contribution in [2.45, 2.75) is 0 Å². The Balaban J connectivity index is 1.43. The van der Waals surface area contributed by atoms with Crippen LogP contribution in [-0.4, -0.2) is 49.6 Å². The first kappa shape index (κ1) is 21.1. The van der Waals surface area contributed by atoms with E-state index in [2.05, 4.69) is 10.3 Å². The fourth-order valence-electron chi connectivity index (χ4n) is 2.56. The molecule has 2 aromatic carbocycles. The Morgan fingerprint density at radius 1 is 1.14 bits per heavy atom. The van der Waals surface area contributed by atoms with Crippen LogP contribution < -0.4 is 14.8 Å². The summed E-state index contributed by atoms with van der Waals surface area (Å²) in [5.74, 6) is 1.43. The fraction of sp³-hybridized carbons (Fsp3) is 0.238. The average Bonchev–Trinajstić information content (AvgIpc) is 3.17. The summed E-state index contributed by atoms with van der Waals surface area (Å²) in [6, 6.07) is 14.8. The van der Waals surface area contributed by atoms with Crippen molar-refractivity contribution >= 4 is 34.0 Å². The minimum atomic E-state index is -0.116. The number of benzene rings is 2. The molecule has 0 atom stereocenters. The number of amides is 1. The van der Waals surface area contributed by atoms with E-state index in [9.17, 15) is 4.79 Å². The Morgan fingerprint density at radius 2 is 1.83 bits per heavy atom. The number of methoxy groups -OCH3 is 1. The second kappa shape index (κ2) is 10.2. The molecule has 6 nitrogen and oxygen atoms in total. The van der Waals surface area contributed by atoms with Gasteiger partial charge in [-0.1, -0.05) is 11.6 Å². The molecule has 0 bridgehead atoms. The number of aromatic nitrogens is 1. The van der Waals surface area contributed by atoms with E-state index < -0.39 is 0 Å². The fourth-order valence-corrected chi connectivity index (χ4v) is 3.42. The highest BCUT2D eigenvalue weighted by Gasteiger charge is 2.11. The molecule has 0 saturated heterocycles. The number of hydrogen-bond acceptors (Lipinski definition) is 6. The Labute approximate surface area is 179 Å². The Hall–Kier alpha value is -2.61.